The van der Waals surface area contributed by atoms with E-state index in [2.05, 4.69) is 54.2 Å². The summed E-state index contributed by atoms with van der Waals surface area (Å²) in [6, 6.07) is 6.62. The zero-order chi connectivity index (χ0) is 15.7. The summed E-state index contributed by atoms with van der Waals surface area (Å²) in [5.74, 6) is 0.777. The lowest BCUT2D eigenvalue weighted by Gasteiger charge is -2.25. The van der Waals surface area contributed by atoms with Crippen molar-refractivity contribution in [1.82, 2.24) is 5.32 Å². The molecule has 0 aliphatic carbocycles. The van der Waals surface area contributed by atoms with Crippen LogP contribution in [0, 0.1) is 5.92 Å². The smallest absolute Gasteiger partial charge is 0.0465 e. The lowest BCUT2D eigenvalue weighted by Crippen LogP contribution is -2.25. The Bertz CT molecular complexity index is 408. The van der Waals surface area contributed by atoms with Crippen LogP contribution in [0.2, 0.25) is 5.02 Å². The summed E-state index contributed by atoms with van der Waals surface area (Å²) in [7, 11) is 0. The Balaban J connectivity index is 2.83. The van der Waals surface area contributed by atoms with Crippen LogP contribution < -0.4 is 5.32 Å². The molecule has 0 aliphatic heterocycles. The molecule has 0 bridgehead atoms. The van der Waals surface area contributed by atoms with Gasteiger partial charge in [0.25, 0.3) is 0 Å². The van der Waals surface area contributed by atoms with Gasteiger partial charge in [0.2, 0.25) is 0 Å². The van der Waals surface area contributed by atoms with Crippen molar-refractivity contribution in [3.8, 4) is 0 Å². The van der Waals surface area contributed by atoms with E-state index in [4.69, 9.17) is 11.6 Å². The van der Waals surface area contributed by atoms with E-state index in [1.807, 2.05) is 6.07 Å². The van der Waals surface area contributed by atoms with Crippen molar-refractivity contribution >= 4 is 27.5 Å². The SMILES string of the molecule is CCCCC(CC)CC(NCCC)c1ccc(Br)cc1Cl. The van der Waals surface area contributed by atoms with Crippen molar-refractivity contribution < 1.29 is 0 Å². The van der Waals surface area contributed by atoms with Gasteiger partial charge in [-0.1, -0.05) is 80.1 Å². The number of halogens is 2. The van der Waals surface area contributed by atoms with Gasteiger partial charge < -0.3 is 5.32 Å². The van der Waals surface area contributed by atoms with Gasteiger partial charge in [-0.2, -0.15) is 0 Å². The third-order valence-electron chi connectivity index (χ3n) is 4.09. The average molecular weight is 375 g/mol. The molecule has 1 nitrogen and oxygen atoms in total. The topological polar surface area (TPSA) is 12.0 Å². The fourth-order valence-electron chi connectivity index (χ4n) is 2.74. The van der Waals surface area contributed by atoms with Gasteiger partial charge in [-0.15, -0.1) is 0 Å². The quantitative estimate of drug-likeness (QED) is 0.477. The van der Waals surface area contributed by atoms with Crippen LogP contribution >= 0.6 is 27.5 Å². The molecule has 1 rings (SSSR count). The largest absolute Gasteiger partial charge is 0.310 e. The molecule has 0 heterocycles. The molecule has 0 saturated heterocycles. The summed E-state index contributed by atoms with van der Waals surface area (Å²) in [5, 5.41) is 4.55. The molecule has 0 aromatic heterocycles. The molecule has 3 heteroatoms. The summed E-state index contributed by atoms with van der Waals surface area (Å²) in [6.45, 7) is 7.83. The summed E-state index contributed by atoms with van der Waals surface area (Å²) in [6.07, 6.45) is 7.51. The van der Waals surface area contributed by atoms with Gasteiger partial charge in [-0.3, -0.25) is 0 Å². The van der Waals surface area contributed by atoms with Crippen molar-refractivity contribution in [2.45, 2.75) is 65.3 Å². The molecule has 0 radical (unpaired) electrons. The minimum atomic E-state index is 0.368. The molecule has 0 spiro atoms. The predicted octanol–water partition coefficient (Wildman–Crippen LogP) is 6.75. The highest BCUT2D eigenvalue weighted by Crippen LogP contribution is 2.32. The molecule has 1 aromatic rings. The van der Waals surface area contributed by atoms with E-state index < -0.39 is 0 Å². The lowest BCUT2D eigenvalue weighted by atomic mass is 9.89. The van der Waals surface area contributed by atoms with Crippen LogP contribution in [-0.2, 0) is 0 Å². The number of hydrogen-bond acceptors (Lipinski definition) is 1. The zero-order valence-corrected chi connectivity index (χ0v) is 15.9. The molecule has 120 valence electrons. The molecule has 1 aromatic carbocycles. The first-order chi connectivity index (χ1) is 10.1. The van der Waals surface area contributed by atoms with Gasteiger partial charge in [0.05, 0.1) is 0 Å². The summed E-state index contributed by atoms with van der Waals surface area (Å²) >= 11 is 9.96. The number of benzene rings is 1. The molecule has 21 heavy (non-hydrogen) atoms. The molecule has 0 saturated carbocycles. The maximum atomic E-state index is 6.46. The highest BCUT2D eigenvalue weighted by atomic mass is 79.9. The third-order valence-corrected chi connectivity index (χ3v) is 4.91. The van der Waals surface area contributed by atoms with Gasteiger partial charge in [0, 0.05) is 15.5 Å². The number of nitrogens with one attached hydrogen (secondary N) is 1. The fraction of sp³-hybridized carbons (Fsp3) is 0.667. The van der Waals surface area contributed by atoms with E-state index in [1.165, 1.54) is 37.7 Å². The third kappa shape index (κ3) is 6.71. The Hall–Kier alpha value is -0.0500. The van der Waals surface area contributed by atoms with Gasteiger partial charge in [0.15, 0.2) is 0 Å². The van der Waals surface area contributed by atoms with Crippen molar-refractivity contribution in [3.05, 3.63) is 33.3 Å². The number of rotatable bonds is 10. The Morgan fingerprint density at radius 1 is 1.19 bits per heavy atom. The number of unbranched alkanes of at least 4 members (excludes halogenated alkanes) is 1. The van der Waals surface area contributed by atoms with E-state index in [9.17, 15) is 0 Å². The maximum Gasteiger partial charge on any atom is 0.0465 e. The standard InChI is InChI=1S/C18H29BrClN/c1-4-7-8-14(6-3)12-18(21-11-5-2)16-10-9-15(19)13-17(16)20/h9-10,13-14,18,21H,4-8,11-12H2,1-3H3. The van der Waals surface area contributed by atoms with Gasteiger partial charge >= 0.3 is 0 Å². The first-order valence-electron chi connectivity index (χ1n) is 8.30. The first kappa shape index (κ1) is 19.0. The van der Waals surface area contributed by atoms with Gasteiger partial charge in [0.1, 0.15) is 0 Å². The molecule has 0 amide bonds. The summed E-state index contributed by atoms with van der Waals surface area (Å²) < 4.78 is 1.04. The van der Waals surface area contributed by atoms with Crippen molar-refractivity contribution in [2.24, 2.45) is 5.92 Å². The predicted molar refractivity (Wildman–Crippen MR) is 98.1 cm³/mol. The van der Waals surface area contributed by atoms with E-state index in [-0.39, 0.29) is 0 Å². The van der Waals surface area contributed by atoms with E-state index >= 15 is 0 Å². The second-order valence-corrected chi connectivity index (χ2v) is 7.15. The van der Waals surface area contributed by atoms with Crippen LogP contribution in [-0.4, -0.2) is 6.54 Å². The minimum absolute atomic E-state index is 0.368. The normalized spacial score (nSPS) is 14.1. The van der Waals surface area contributed by atoms with E-state index in [0.717, 1.165) is 28.4 Å². The van der Waals surface area contributed by atoms with Crippen LogP contribution in [0.4, 0.5) is 0 Å². The van der Waals surface area contributed by atoms with Crippen molar-refractivity contribution in [3.63, 3.8) is 0 Å². The molecule has 2 atom stereocenters. The van der Waals surface area contributed by atoms with Crippen LogP contribution in [0.25, 0.3) is 0 Å². The Kier molecular flexibility index (Phi) is 9.62. The molecular weight excluding hydrogens is 346 g/mol. The van der Waals surface area contributed by atoms with Gasteiger partial charge in [-0.05, 0) is 43.0 Å². The monoisotopic (exact) mass is 373 g/mol. The van der Waals surface area contributed by atoms with Gasteiger partial charge in [-0.25, -0.2) is 0 Å². The Morgan fingerprint density at radius 3 is 2.52 bits per heavy atom. The second-order valence-electron chi connectivity index (χ2n) is 5.82. The number of hydrogen-bond donors (Lipinski definition) is 1. The van der Waals surface area contributed by atoms with Crippen LogP contribution in [0.1, 0.15) is 70.9 Å². The van der Waals surface area contributed by atoms with Crippen LogP contribution in [0.3, 0.4) is 0 Å². The van der Waals surface area contributed by atoms with Crippen molar-refractivity contribution in [1.29, 1.82) is 0 Å². The maximum absolute atomic E-state index is 6.46. The molecule has 1 N–H and O–H groups in total. The first-order valence-corrected chi connectivity index (χ1v) is 9.47. The van der Waals surface area contributed by atoms with E-state index in [0.29, 0.717) is 6.04 Å². The van der Waals surface area contributed by atoms with E-state index in [1.54, 1.807) is 0 Å². The second kappa shape index (κ2) is 10.6. The van der Waals surface area contributed by atoms with Crippen molar-refractivity contribution in [2.75, 3.05) is 6.54 Å². The Labute approximate surface area is 144 Å². The Morgan fingerprint density at radius 2 is 1.95 bits per heavy atom. The summed E-state index contributed by atoms with van der Waals surface area (Å²) in [5.41, 5.74) is 1.24. The molecule has 2 unspecified atom stereocenters. The fourth-order valence-corrected chi connectivity index (χ4v) is 3.54. The average Bonchev–Trinajstić information content (AvgIpc) is 2.47. The van der Waals surface area contributed by atoms with Crippen LogP contribution in [0.15, 0.2) is 22.7 Å². The lowest BCUT2D eigenvalue weighted by molar-refractivity contribution is 0.354. The zero-order valence-electron chi connectivity index (χ0n) is 13.6. The van der Waals surface area contributed by atoms with Crippen LogP contribution in [0.5, 0.6) is 0 Å². The summed E-state index contributed by atoms with van der Waals surface area (Å²) in [4.78, 5) is 0. The molecule has 0 aliphatic rings. The minimum Gasteiger partial charge on any atom is -0.310 e. The molecular formula is C18H29BrClN. The highest BCUT2D eigenvalue weighted by molar-refractivity contribution is 9.10. The molecule has 0 fully saturated rings. The highest BCUT2D eigenvalue weighted by Gasteiger charge is 2.18.